The summed E-state index contributed by atoms with van der Waals surface area (Å²) in [5.41, 5.74) is 23.5. The Morgan fingerprint density at radius 2 is 0.727 bits per heavy atom. The summed E-state index contributed by atoms with van der Waals surface area (Å²) in [4.78, 5) is 2.37. The zero-order chi connectivity index (χ0) is 51.7. The van der Waals surface area contributed by atoms with Crippen molar-refractivity contribution in [3.05, 3.63) is 326 Å². The molecule has 0 radical (unpaired) electrons. The summed E-state index contributed by atoms with van der Waals surface area (Å²) < 4.78 is 2.48. The van der Waals surface area contributed by atoms with Gasteiger partial charge in [0.15, 0.2) is 0 Å². The molecule has 0 N–H and O–H groups in total. The second kappa shape index (κ2) is 20.2. The van der Waals surface area contributed by atoms with Gasteiger partial charge in [0.25, 0.3) is 0 Å². The Kier molecular flexibility index (Phi) is 12.3. The molecule has 1 aromatic heterocycles. The van der Waals surface area contributed by atoms with Gasteiger partial charge in [-0.2, -0.15) is 0 Å². The molecule has 0 saturated heterocycles. The smallest absolute Gasteiger partial charge is 0.0713 e. The summed E-state index contributed by atoms with van der Waals surface area (Å²) in [5.74, 6) is 0. The average Bonchev–Trinajstić information content (AvgIpc) is 4.24. The van der Waals surface area contributed by atoms with Crippen molar-refractivity contribution in [1.82, 2.24) is 4.57 Å². The van der Waals surface area contributed by atoms with E-state index in [4.69, 9.17) is 0 Å². The Morgan fingerprint density at radius 1 is 0.273 bits per heavy atom. The zero-order valence-corrected chi connectivity index (χ0v) is 43.3. The van der Waals surface area contributed by atoms with Crippen molar-refractivity contribution < 1.29 is 0 Å². The van der Waals surface area contributed by atoms with Crippen LogP contribution in [0.5, 0.6) is 0 Å². The van der Waals surface area contributed by atoms with Gasteiger partial charge >= 0.3 is 0 Å². The van der Waals surface area contributed by atoms with E-state index in [1.807, 2.05) is 13.8 Å². The van der Waals surface area contributed by atoms with E-state index in [9.17, 15) is 0 Å². The molecule has 0 amide bonds. The highest BCUT2D eigenvalue weighted by Crippen LogP contribution is 2.56. The fraction of sp³-hybridized carbons (Fsp3) is 0.0400. The first-order valence-corrected chi connectivity index (χ1v) is 26.9. The predicted molar refractivity (Wildman–Crippen MR) is 326 cm³/mol. The maximum absolute atomic E-state index is 2.48. The van der Waals surface area contributed by atoms with Gasteiger partial charge in [0.2, 0.25) is 0 Å². The second-order valence-electron chi connectivity index (χ2n) is 19.6. The first kappa shape index (κ1) is 47.0. The largest absolute Gasteiger partial charge is 0.310 e. The molecule has 0 aliphatic heterocycles. The number of hydrogen-bond acceptors (Lipinski definition) is 1. The number of para-hydroxylation sites is 2. The van der Waals surface area contributed by atoms with Crippen molar-refractivity contribution in [2.45, 2.75) is 19.3 Å². The lowest BCUT2D eigenvalue weighted by Gasteiger charge is -2.33. The first-order valence-electron chi connectivity index (χ1n) is 26.9. The summed E-state index contributed by atoms with van der Waals surface area (Å²) in [6.45, 7) is 4.00. The van der Waals surface area contributed by atoms with Crippen LogP contribution < -0.4 is 4.90 Å². The third-order valence-corrected chi connectivity index (χ3v) is 15.5. The standard InChI is InChI=1S/C73H50N2.C2H6/c1-6-22-51(23-7-1)63-46-43-59(49-67(63)52-24-8-2-9-25-52)74(57-30-14-5-15-31-57)58-41-38-53(39-42-58)61-32-16-17-33-62(61)54-40-45-66-65-35-19-21-37-71(65)75(72(66)48-54)60-44-47-70-68(50-60)64-34-18-20-36-69(64)73(70,55-26-10-3-11-27-55)56-28-12-4-13-29-56;1-2/h1-50H;1-2H3. The monoisotopic (exact) mass is 984 g/mol. The molecule has 0 fully saturated rings. The van der Waals surface area contributed by atoms with Crippen LogP contribution in [0.1, 0.15) is 36.1 Å². The van der Waals surface area contributed by atoms with Crippen LogP contribution in [-0.2, 0) is 5.41 Å². The van der Waals surface area contributed by atoms with Gasteiger partial charge in [-0.05, 0) is 139 Å². The minimum Gasteiger partial charge on any atom is -0.310 e. The summed E-state index contributed by atoms with van der Waals surface area (Å²) in [6, 6.07) is 111. The van der Waals surface area contributed by atoms with Gasteiger partial charge in [0.1, 0.15) is 0 Å². The number of hydrogen-bond donors (Lipinski definition) is 0. The maximum Gasteiger partial charge on any atom is 0.0713 e. The molecule has 0 spiro atoms. The van der Waals surface area contributed by atoms with E-state index in [2.05, 4.69) is 313 Å². The highest BCUT2D eigenvalue weighted by Gasteiger charge is 2.46. The maximum atomic E-state index is 2.48. The predicted octanol–water partition coefficient (Wildman–Crippen LogP) is 20.3. The van der Waals surface area contributed by atoms with Gasteiger partial charge in [-0.25, -0.2) is 0 Å². The molecule has 2 nitrogen and oxygen atoms in total. The van der Waals surface area contributed by atoms with E-state index in [1.54, 1.807) is 0 Å². The second-order valence-corrected chi connectivity index (χ2v) is 19.6. The van der Waals surface area contributed by atoms with Crippen LogP contribution >= 0.6 is 0 Å². The normalized spacial score (nSPS) is 12.1. The highest BCUT2D eigenvalue weighted by molar-refractivity contribution is 6.11. The van der Waals surface area contributed by atoms with Gasteiger partial charge in [0, 0.05) is 33.5 Å². The molecule has 1 heterocycles. The molecular weight excluding hydrogens is 929 g/mol. The minimum atomic E-state index is -0.456. The lowest BCUT2D eigenvalue weighted by atomic mass is 9.68. The van der Waals surface area contributed by atoms with Gasteiger partial charge in [-0.1, -0.05) is 257 Å². The van der Waals surface area contributed by atoms with Crippen molar-refractivity contribution in [2.24, 2.45) is 0 Å². The van der Waals surface area contributed by atoms with Crippen LogP contribution in [0.25, 0.3) is 83.1 Å². The number of rotatable bonds is 10. The Hall–Kier alpha value is -9.76. The van der Waals surface area contributed by atoms with Crippen LogP contribution in [0.4, 0.5) is 17.1 Å². The van der Waals surface area contributed by atoms with E-state index in [0.717, 1.165) is 28.3 Å². The van der Waals surface area contributed by atoms with Gasteiger partial charge in [-0.15, -0.1) is 0 Å². The zero-order valence-electron chi connectivity index (χ0n) is 43.3. The summed E-state index contributed by atoms with van der Waals surface area (Å²) in [7, 11) is 0. The fourth-order valence-corrected chi connectivity index (χ4v) is 12.2. The van der Waals surface area contributed by atoms with Crippen LogP contribution in [0.15, 0.2) is 303 Å². The molecule has 0 atom stereocenters. The molecule has 2 heteroatoms. The number of anilines is 3. The highest BCUT2D eigenvalue weighted by atomic mass is 15.1. The molecule has 1 aliphatic rings. The van der Waals surface area contributed by atoms with Crippen molar-refractivity contribution in [2.75, 3.05) is 4.90 Å². The third-order valence-electron chi connectivity index (χ3n) is 15.5. The molecule has 0 saturated carbocycles. The van der Waals surface area contributed by atoms with Crippen molar-refractivity contribution in [3.8, 4) is 61.3 Å². The van der Waals surface area contributed by atoms with Crippen LogP contribution in [0, 0.1) is 0 Å². The number of fused-ring (bicyclic) bond motifs is 6. The summed E-state index contributed by atoms with van der Waals surface area (Å²) in [6.07, 6.45) is 0. The van der Waals surface area contributed by atoms with Crippen molar-refractivity contribution in [1.29, 1.82) is 0 Å². The molecule has 77 heavy (non-hydrogen) atoms. The minimum absolute atomic E-state index is 0.456. The van der Waals surface area contributed by atoms with Gasteiger partial charge in [0.05, 0.1) is 16.4 Å². The van der Waals surface area contributed by atoms with E-state index in [1.165, 1.54) is 94.1 Å². The topological polar surface area (TPSA) is 8.17 Å². The molecular formula is C75H56N2. The Bertz CT molecular complexity index is 4160. The quantitative estimate of drug-likeness (QED) is 0.133. The van der Waals surface area contributed by atoms with Crippen molar-refractivity contribution >= 4 is 38.9 Å². The molecule has 12 aromatic carbocycles. The molecule has 0 bridgehead atoms. The molecule has 0 unspecified atom stereocenters. The van der Waals surface area contributed by atoms with E-state index in [-0.39, 0.29) is 0 Å². The van der Waals surface area contributed by atoms with Crippen molar-refractivity contribution in [3.63, 3.8) is 0 Å². The first-order chi connectivity index (χ1) is 38.2. The number of aromatic nitrogens is 1. The van der Waals surface area contributed by atoms with E-state index >= 15 is 0 Å². The Labute approximate surface area is 452 Å². The lowest BCUT2D eigenvalue weighted by molar-refractivity contribution is 0.768. The van der Waals surface area contributed by atoms with Crippen LogP contribution in [0.2, 0.25) is 0 Å². The van der Waals surface area contributed by atoms with Gasteiger partial charge < -0.3 is 9.47 Å². The fourth-order valence-electron chi connectivity index (χ4n) is 12.2. The van der Waals surface area contributed by atoms with Crippen LogP contribution in [-0.4, -0.2) is 4.57 Å². The van der Waals surface area contributed by atoms with Crippen LogP contribution in [0.3, 0.4) is 0 Å². The molecule has 14 rings (SSSR count). The Balaban J connectivity index is 0.00000280. The number of benzene rings is 12. The van der Waals surface area contributed by atoms with E-state index < -0.39 is 5.41 Å². The summed E-state index contributed by atoms with van der Waals surface area (Å²) in [5, 5.41) is 2.47. The average molecular weight is 985 g/mol. The summed E-state index contributed by atoms with van der Waals surface area (Å²) >= 11 is 0. The van der Waals surface area contributed by atoms with Gasteiger partial charge in [-0.3, -0.25) is 0 Å². The molecule has 1 aliphatic carbocycles. The van der Waals surface area contributed by atoms with E-state index in [0.29, 0.717) is 0 Å². The SMILES string of the molecule is CC.c1ccc(-c2ccc(N(c3ccccc3)c3ccc(-c4ccccc4-c4ccc5c6ccccc6n(-c6ccc7c(c6)-c6ccccc6C7(c6ccccc6)c6ccccc6)c5c4)cc3)cc2-c2ccccc2)cc1. The molecule has 366 valence electrons. The third kappa shape index (κ3) is 8.05. The lowest BCUT2D eigenvalue weighted by Crippen LogP contribution is -2.28. The molecule has 13 aromatic rings. The Morgan fingerprint density at radius 3 is 1.39 bits per heavy atom. The number of nitrogens with zero attached hydrogens (tertiary/aromatic N) is 2.